The number of Topliss-reactive ketones (excluding diaryl/α,β-unsaturated/α-hetero) is 3. The average Bonchev–Trinajstić information content (AvgIpc) is 2.84. The van der Waals surface area contributed by atoms with Gasteiger partial charge in [0.2, 0.25) is 0 Å². The van der Waals surface area contributed by atoms with Crippen molar-refractivity contribution in [1.82, 2.24) is 0 Å². The SMILES string of the molecule is CC(=O)c1ccc(-c2cc(-c3ccc(C(C)=O)cc3)cc(-c3ccc(C(C)=O)cc3)c2)cc1. The van der Waals surface area contributed by atoms with E-state index in [1.54, 1.807) is 20.8 Å². The summed E-state index contributed by atoms with van der Waals surface area (Å²) < 4.78 is 0. The first kappa shape index (κ1) is 22.1. The average molecular weight is 433 g/mol. The Kier molecular flexibility index (Phi) is 6.14. The topological polar surface area (TPSA) is 51.2 Å². The predicted octanol–water partition coefficient (Wildman–Crippen LogP) is 7.30. The molecule has 162 valence electrons. The molecule has 33 heavy (non-hydrogen) atoms. The highest BCUT2D eigenvalue weighted by Crippen LogP contribution is 2.33. The molecule has 4 aromatic carbocycles. The summed E-state index contributed by atoms with van der Waals surface area (Å²) in [5, 5.41) is 0. The number of benzene rings is 4. The Morgan fingerprint density at radius 3 is 0.758 bits per heavy atom. The molecular formula is C30H24O3. The second-order valence-electron chi connectivity index (χ2n) is 8.20. The Morgan fingerprint density at radius 2 is 0.576 bits per heavy atom. The molecule has 3 nitrogen and oxygen atoms in total. The summed E-state index contributed by atoms with van der Waals surface area (Å²) in [4.78, 5) is 35.0. The lowest BCUT2D eigenvalue weighted by atomic mass is 9.92. The van der Waals surface area contributed by atoms with Gasteiger partial charge in [-0.2, -0.15) is 0 Å². The Morgan fingerprint density at radius 1 is 0.364 bits per heavy atom. The minimum atomic E-state index is 0.0344. The number of rotatable bonds is 6. The van der Waals surface area contributed by atoms with Gasteiger partial charge < -0.3 is 0 Å². The molecule has 0 spiro atoms. The molecule has 0 saturated heterocycles. The summed E-state index contributed by atoms with van der Waals surface area (Å²) in [7, 11) is 0. The largest absolute Gasteiger partial charge is 0.295 e. The Bertz CT molecular complexity index is 1160. The van der Waals surface area contributed by atoms with E-state index in [1.165, 1.54) is 0 Å². The molecule has 0 aliphatic heterocycles. The molecule has 0 N–H and O–H groups in total. The van der Waals surface area contributed by atoms with E-state index in [1.807, 2.05) is 72.8 Å². The molecule has 0 unspecified atom stereocenters. The number of ketones is 3. The summed E-state index contributed by atoms with van der Waals surface area (Å²) in [6, 6.07) is 29.1. The third kappa shape index (κ3) is 4.88. The van der Waals surface area contributed by atoms with Crippen molar-refractivity contribution in [3.63, 3.8) is 0 Å². The van der Waals surface area contributed by atoms with Crippen LogP contribution in [0.5, 0.6) is 0 Å². The van der Waals surface area contributed by atoms with E-state index in [-0.39, 0.29) is 17.3 Å². The van der Waals surface area contributed by atoms with Gasteiger partial charge in [-0.1, -0.05) is 72.8 Å². The van der Waals surface area contributed by atoms with Crippen molar-refractivity contribution in [3.8, 4) is 33.4 Å². The van der Waals surface area contributed by atoms with Gasteiger partial charge in [-0.25, -0.2) is 0 Å². The van der Waals surface area contributed by atoms with Gasteiger partial charge in [0, 0.05) is 16.7 Å². The highest BCUT2D eigenvalue weighted by Gasteiger charge is 2.10. The van der Waals surface area contributed by atoms with Crippen LogP contribution in [0.25, 0.3) is 33.4 Å². The molecule has 4 aromatic rings. The van der Waals surface area contributed by atoms with Crippen LogP contribution >= 0.6 is 0 Å². The highest BCUT2D eigenvalue weighted by molar-refractivity contribution is 5.96. The summed E-state index contributed by atoms with van der Waals surface area (Å²) in [6.07, 6.45) is 0. The minimum Gasteiger partial charge on any atom is -0.295 e. The fraction of sp³-hybridized carbons (Fsp3) is 0.100. The first-order chi connectivity index (χ1) is 15.8. The zero-order chi connectivity index (χ0) is 23.5. The lowest BCUT2D eigenvalue weighted by Gasteiger charge is -2.12. The van der Waals surface area contributed by atoms with Crippen molar-refractivity contribution in [2.75, 3.05) is 0 Å². The van der Waals surface area contributed by atoms with Gasteiger partial charge in [0.1, 0.15) is 0 Å². The fourth-order valence-electron chi connectivity index (χ4n) is 3.82. The molecular weight excluding hydrogens is 408 g/mol. The molecule has 0 aliphatic rings. The Labute approximate surface area is 193 Å². The molecule has 0 atom stereocenters. The maximum atomic E-state index is 11.7. The van der Waals surface area contributed by atoms with Crippen molar-refractivity contribution < 1.29 is 14.4 Å². The summed E-state index contributed by atoms with van der Waals surface area (Å²) in [5.41, 5.74) is 8.09. The van der Waals surface area contributed by atoms with Gasteiger partial charge in [-0.3, -0.25) is 14.4 Å². The van der Waals surface area contributed by atoms with Crippen LogP contribution < -0.4 is 0 Å². The van der Waals surface area contributed by atoms with Gasteiger partial charge in [-0.05, 0) is 72.4 Å². The Hall–Kier alpha value is -4.11. The smallest absolute Gasteiger partial charge is 0.159 e. The molecule has 4 rings (SSSR count). The van der Waals surface area contributed by atoms with Gasteiger partial charge in [0.05, 0.1) is 0 Å². The predicted molar refractivity (Wildman–Crippen MR) is 133 cm³/mol. The number of carbonyl (C=O) groups is 3. The van der Waals surface area contributed by atoms with E-state index < -0.39 is 0 Å². The summed E-state index contributed by atoms with van der Waals surface area (Å²) in [5.74, 6) is 0.103. The van der Waals surface area contributed by atoms with Crippen molar-refractivity contribution in [1.29, 1.82) is 0 Å². The van der Waals surface area contributed by atoms with Crippen LogP contribution in [0.3, 0.4) is 0 Å². The molecule has 0 radical (unpaired) electrons. The molecule has 0 saturated carbocycles. The quantitative estimate of drug-likeness (QED) is 0.301. The number of carbonyl (C=O) groups excluding carboxylic acids is 3. The lowest BCUT2D eigenvalue weighted by Crippen LogP contribution is -1.93. The van der Waals surface area contributed by atoms with Crippen molar-refractivity contribution >= 4 is 17.3 Å². The first-order valence-corrected chi connectivity index (χ1v) is 10.8. The van der Waals surface area contributed by atoms with Crippen LogP contribution in [0.1, 0.15) is 51.8 Å². The second-order valence-corrected chi connectivity index (χ2v) is 8.20. The van der Waals surface area contributed by atoms with E-state index in [0.717, 1.165) is 33.4 Å². The monoisotopic (exact) mass is 432 g/mol. The highest BCUT2D eigenvalue weighted by atomic mass is 16.1. The van der Waals surface area contributed by atoms with Crippen molar-refractivity contribution in [2.24, 2.45) is 0 Å². The third-order valence-corrected chi connectivity index (χ3v) is 5.81. The molecule has 0 heterocycles. The molecule has 0 aliphatic carbocycles. The van der Waals surface area contributed by atoms with Crippen LogP contribution in [0.15, 0.2) is 91.0 Å². The molecule has 0 bridgehead atoms. The molecule has 0 fully saturated rings. The van der Waals surface area contributed by atoms with Gasteiger partial charge >= 0.3 is 0 Å². The van der Waals surface area contributed by atoms with E-state index in [4.69, 9.17) is 0 Å². The maximum absolute atomic E-state index is 11.7. The normalized spacial score (nSPS) is 10.6. The zero-order valence-electron chi connectivity index (χ0n) is 18.9. The van der Waals surface area contributed by atoms with Crippen molar-refractivity contribution in [3.05, 3.63) is 108 Å². The van der Waals surface area contributed by atoms with Crippen LogP contribution in [0.2, 0.25) is 0 Å². The van der Waals surface area contributed by atoms with Crippen LogP contribution in [0, 0.1) is 0 Å². The van der Waals surface area contributed by atoms with E-state index in [9.17, 15) is 14.4 Å². The van der Waals surface area contributed by atoms with Crippen LogP contribution in [0.4, 0.5) is 0 Å². The Balaban J connectivity index is 1.84. The van der Waals surface area contributed by atoms with Crippen LogP contribution in [-0.4, -0.2) is 17.3 Å². The number of hydrogen-bond donors (Lipinski definition) is 0. The number of hydrogen-bond acceptors (Lipinski definition) is 3. The van der Waals surface area contributed by atoms with E-state index in [0.29, 0.717) is 16.7 Å². The molecule has 3 heteroatoms. The van der Waals surface area contributed by atoms with Gasteiger partial charge in [0.15, 0.2) is 17.3 Å². The van der Waals surface area contributed by atoms with Gasteiger partial charge in [0.25, 0.3) is 0 Å². The maximum Gasteiger partial charge on any atom is 0.159 e. The van der Waals surface area contributed by atoms with E-state index in [2.05, 4.69) is 18.2 Å². The second kappa shape index (κ2) is 9.17. The van der Waals surface area contributed by atoms with E-state index >= 15 is 0 Å². The first-order valence-electron chi connectivity index (χ1n) is 10.8. The minimum absolute atomic E-state index is 0.0344. The van der Waals surface area contributed by atoms with Gasteiger partial charge in [-0.15, -0.1) is 0 Å². The van der Waals surface area contributed by atoms with Crippen molar-refractivity contribution in [2.45, 2.75) is 20.8 Å². The zero-order valence-corrected chi connectivity index (χ0v) is 18.9. The summed E-state index contributed by atoms with van der Waals surface area (Å²) in [6.45, 7) is 4.68. The van der Waals surface area contributed by atoms with Crippen LogP contribution in [-0.2, 0) is 0 Å². The fourth-order valence-corrected chi connectivity index (χ4v) is 3.82. The lowest BCUT2D eigenvalue weighted by molar-refractivity contribution is 0.100. The summed E-state index contributed by atoms with van der Waals surface area (Å²) >= 11 is 0. The third-order valence-electron chi connectivity index (χ3n) is 5.81. The standard InChI is InChI=1S/C30H24O3/c1-19(31)22-4-10-25(11-5-22)28-16-29(26-12-6-23(7-13-26)20(2)32)18-30(17-28)27-14-8-24(9-15-27)21(3)33/h4-18H,1-3H3. The molecule has 0 amide bonds. The molecule has 0 aromatic heterocycles.